The van der Waals surface area contributed by atoms with E-state index in [1.807, 2.05) is 0 Å². The molecule has 3 aromatic rings. The first kappa shape index (κ1) is 25.0. The van der Waals surface area contributed by atoms with Crippen LogP contribution in [-0.4, -0.2) is 56.3 Å². The highest BCUT2D eigenvalue weighted by Crippen LogP contribution is 2.23. The Morgan fingerprint density at radius 1 is 0.968 bits per heavy atom. The molecule has 4 rings (SSSR count). The summed E-state index contributed by atoms with van der Waals surface area (Å²) >= 11 is 0. The molecule has 10 heteroatoms. The Labute approximate surface area is 193 Å². The van der Waals surface area contributed by atoms with Crippen LogP contribution < -0.4 is 16.1 Å². The molecule has 2 aromatic heterocycles. The average molecular weight is 469 g/mol. The van der Waals surface area contributed by atoms with Crippen LogP contribution in [0.5, 0.6) is 0 Å². The van der Waals surface area contributed by atoms with Crippen LogP contribution in [0.15, 0.2) is 34.1 Å². The lowest BCUT2D eigenvalue weighted by Crippen LogP contribution is -2.49. The summed E-state index contributed by atoms with van der Waals surface area (Å²) in [4.78, 5) is 34.4. The van der Waals surface area contributed by atoms with E-state index in [2.05, 4.69) is 46.8 Å². The summed E-state index contributed by atoms with van der Waals surface area (Å²) in [5.74, 6) is 0. The van der Waals surface area contributed by atoms with Crippen LogP contribution in [0.3, 0.4) is 0 Å². The van der Waals surface area contributed by atoms with Crippen LogP contribution in [0.1, 0.15) is 11.1 Å². The molecular weight excluding hydrogens is 439 g/mol. The van der Waals surface area contributed by atoms with E-state index in [0.717, 1.165) is 26.2 Å². The number of aromatic nitrogens is 4. The number of imidazole rings is 1. The second-order valence-corrected chi connectivity index (χ2v) is 7.87. The molecule has 0 bridgehead atoms. The quantitative estimate of drug-likeness (QED) is 0.582. The molecule has 0 spiro atoms. The van der Waals surface area contributed by atoms with Gasteiger partial charge < -0.3 is 9.47 Å². The van der Waals surface area contributed by atoms with E-state index in [1.165, 1.54) is 25.9 Å². The first-order valence-electron chi connectivity index (χ1n) is 10.0. The fourth-order valence-corrected chi connectivity index (χ4v) is 4.13. The molecule has 1 saturated heterocycles. The summed E-state index contributed by atoms with van der Waals surface area (Å²) in [7, 11) is 3.44. The van der Waals surface area contributed by atoms with Crippen LogP contribution in [0.4, 0.5) is 5.69 Å². The van der Waals surface area contributed by atoms with Gasteiger partial charge in [0.2, 0.25) is 0 Å². The second kappa shape index (κ2) is 9.89. The van der Waals surface area contributed by atoms with Crippen LogP contribution in [0, 0.1) is 13.8 Å². The number of aryl methyl sites for hydroxylation is 3. The van der Waals surface area contributed by atoms with Crippen molar-refractivity contribution < 1.29 is 0 Å². The number of hydrogen-bond donors (Lipinski definition) is 0. The van der Waals surface area contributed by atoms with E-state index in [1.54, 1.807) is 25.0 Å². The van der Waals surface area contributed by atoms with Crippen molar-refractivity contribution in [1.29, 1.82) is 0 Å². The van der Waals surface area contributed by atoms with Gasteiger partial charge in [0, 0.05) is 59.1 Å². The zero-order chi connectivity index (χ0) is 20.7. The van der Waals surface area contributed by atoms with E-state index in [-0.39, 0.29) is 36.1 Å². The van der Waals surface area contributed by atoms with Gasteiger partial charge in [-0.1, -0.05) is 12.1 Å². The number of benzene rings is 1. The average Bonchev–Trinajstić information content (AvgIpc) is 3.11. The third-order valence-corrected chi connectivity index (χ3v) is 6.13. The third kappa shape index (κ3) is 4.51. The number of anilines is 1. The third-order valence-electron chi connectivity index (χ3n) is 6.13. The molecule has 0 N–H and O–H groups in total. The summed E-state index contributed by atoms with van der Waals surface area (Å²) < 4.78 is 4.47. The lowest BCUT2D eigenvalue weighted by Gasteiger charge is -2.37. The van der Waals surface area contributed by atoms with E-state index in [9.17, 15) is 9.59 Å². The molecule has 1 aliphatic rings. The number of hydrogen-bond acceptors (Lipinski definition) is 5. The minimum absolute atomic E-state index is 0. The minimum atomic E-state index is -0.310. The molecule has 170 valence electrons. The molecule has 8 nitrogen and oxygen atoms in total. The first-order chi connectivity index (χ1) is 13.9. The van der Waals surface area contributed by atoms with Gasteiger partial charge >= 0.3 is 5.69 Å². The zero-order valence-corrected chi connectivity index (χ0v) is 20.0. The van der Waals surface area contributed by atoms with Crippen LogP contribution in [-0.2, 0) is 20.6 Å². The van der Waals surface area contributed by atoms with E-state index in [4.69, 9.17) is 0 Å². The van der Waals surface area contributed by atoms with Gasteiger partial charge in [-0.3, -0.25) is 18.8 Å². The topological polar surface area (TPSA) is 68.3 Å². The summed E-state index contributed by atoms with van der Waals surface area (Å²) in [6.07, 6.45) is 1.57. The molecule has 3 heterocycles. The van der Waals surface area contributed by atoms with Crippen molar-refractivity contribution in [2.24, 2.45) is 14.1 Å². The number of nitrogens with zero attached hydrogens (tertiary/aromatic N) is 6. The highest BCUT2D eigenvalue weighted by atomic mass is 35.5. The molecule has 0 saturated carbocycles. The fourth-order valence-electron chi connectivity index (χ4n) is 4.13. The maximum Gasteiger partial charge on any atom is 0.332 e. The predicted molar refractivity (Wildman–Crippen MR) is 129 cm³/mol. The van der Waals surface area contributed by atoms with Gasteiger partial charge in [0.05, 0.1) is 6.33 Å². The normalized spacial score (nSPS) is 14.4. The van der Waals surface area contributed by atoms with Gasteiger partial charge in [-0.05, 0) is 31.0 Å². The molecule has 31 heavy (non-hydrogen) atoms. The van der Waals surface area contributed by atoms with Crippen molar-refractivity contribution in [3.05, 3.63) is 56.5 Å². The maximum atomic E-state index is 12.8. The second-order valence-electron chi connectivity index (χ2n) is 7.87. The van der Waals surface area contributed by atoms with Gasteiger partial charge in [-0.15, -0.1) is 24.8 Å². The summed E-state index contributed by atoms with van der Waals surface area (Å²) in [5, 5.41) is 0. The molecule has 0 aliphatic carbocycles. The summed E-state index contributed by atoms with van der Waals surface area (Å²) in [6, 6.07) is 6.44. The van der Waals surface area contributed by atoms with Crippen LogP contribution in [0.2, 0.25) is 0 Å². The van der Waals surface area contributed by atoms with Crippen molar-refractivity contribution >= 4 is 41.7 Å². The standard InChI is InChI=1S/C21H28N6O2.2ClH/c1-15-6-5-7-17(16(15)2)26-11-8-25(9-12-26)10-13-27-20(28)18-19(22-14-23(18)3)24(4)21(27)29;;/h5-7,14H,8-13H2,1-4H3;2*1H. The zero-order valence-electron chi connectivity index (χ0n) is 18.4. The van der Waals surface area contributed by atoms with Gasteiger partial charge in [-0.25, -0.2) is 9.78 Å². The highest BCUT2D eigenvalue weighted by Gasteiger charge is 2.20. The highest BCUT2D eigenvalue weighted by molar-refractivity contribution is 5.85. The Morgan fingerprint density at radius 2 is 1.65 bits per heavy atom. The molecular formula is C21H30Cl2N6O2. The van der Waals surface area contributed by atoms with Crippen molar-refractivity contribution in [3.8, 4) is 0 Å². The Hall–Kier alpha value is -2.29. The Bertz CT molecular complexity index is 1180. The molecule has 0 radical (unpaired) electrons. The van der Waals surface area contributed by atoms with Crippen molar-refractivity contribution in [1.82, 2.24) is 23.6 Å². The van der Waals surface area contributed by atoms with E-state index in [0.29, 0.717) is 24.3 Å². The summed E-state index contributed by atoms with van der Waals surface area (Å²) in [6.45, 7) is 9.10. The molecule has 0 atom stereocenters. The Kier molecular flexibility index (Phi) is 7.97. The molecule has 1 fully saturated rings. The predicted octanol–water partition coefficient (Wildman–Crippen LogP) is 1.72. The van der Waals surface area contributed by atoms with Gasteiger partial charge in [0.25, 0.3) is 5.56 Å². The van der Waals surface area contributed by atoms with Crippen LogP contribution in [0.25, 0.3) is 11.2 Å². The minimum Gasteiger partial charge on any atom is -0.369 e. The number of rotatable bonds is 4. The molecule has 0 unspecified atom stereocenters. The monoisotopic (exact) mass is 468 g/mol. The van der Waals surface area contributed by atoms with Crippen molar-refractivity contribution in [2.75, 3.05) is 37.6 Å². The van der Waals surface area contributed by atoms with E-state index >= 15 is 0 Å². The fraction of sp³-hybridized carbons (Fsp3) is 0.476. The molecule has 1 aromatic carbocycles. The lowest BCUT2D eigenvalue weighted by atomic mass is 10.1. The lowest BCUT2D eigenvalue weighted by molar-refractivity contribution is 0.245. The maximum absolute atomic E-state index is 12.8. The Morgan fingerprint density at radius 3 is 2.32 bits per heavy atom. The largest absolute Gasteiger partial charge is 0.369 e. The SMILES string of the molecule is Cc1cccc(N2CCN(CCn3c(=O)c4c(ncn4C)n(C)c3=O)CC2)c1C.Cl.Cl. The molecule has 0 amide bonds. The van der Waals surface area contributed by atoms with Crippen molar-refractivity contribution in [2.45, 2.75) is 20.4 Å². The first-order valence-corrected chi connectivity index (χ1v) is 10.0. The Balaban J connectivity index is 0.00000171. The van der Waals surface area contributed by atoms with Gasteiger partial charge in [0.15, 0.2) is 11.2 Å². The number of halogens is 2. The smallest absolute Gasteiger partial charge is 0.332 e. The number of fused-ring (bicyclic) bond motifs is 1. The number of piperazine rings is 1. The van der Waals surface area contributed by atoms with Gasteiger partial charge in [-0.2, -0.15) is 0 Å². The van der Waals surface area contributed by atoms with Gasteiger partial charge in [0.1, 0.15) is 0 Å². The van der Waals surface area contributed by atoms with E-state index < -0.39 is 0 Å². The molecule has 1 aliphatic heterocycles. The van der Waals surface area contributed by atoms with Crippen LogP contribution >= 0.6 is 24.8 Å². The summed E-state index contributed by atoms with van der Waals surface area (Å²) in [5.41, 5.74) is 4.27. The van der Waals surface area contributed by atoms with Crippen molar-refractivity contribution in [3.63, 3.8) is 0 Å².